The molecule has 0 radical (unpaired) electrons. The molecule has 1 aliphatic carbocycles. The van der Waals surface area contributed by atoms with Gasteiger partial charge in [-0.3, -0.25) is 16.3 Å². The molecule has 94 valence electrons. The molecular formula is C13H20FN3. The van der Waals surface area contributed by atoms with E-state index in [0.29, 0.717) is 5.56 Å². The minimum absolute atomic E-state index is 0.0985. The van der Waals surface area contributed by atoms with E-state index in [2.05, 4.69) is 10.4 Å². The van der Waals surface area contributed by atoms with Gasteiger partial charge in [-0.15, -0.1) is 0 Å². The summed E-state index contributed by atoms with van der Waals surface area (Å²) in [5, 5.41) is 0. The Hall–Kier alpha value is -1.00. The standard InChI is InChI=1S/C13H20FN3/c14-12-9-16-8-7-11(12)13(17-15)6-5-10-3-1-2-4-10/h7-10,13,17H,1-6,15H2. The summed E-state index contributed by atoms with van der Waals surface area (Å²) >= 11 is 0. The Balaban J connectivity index is 1.94. The molecule has 1 atom stereocenters. The summed E-state index contributed by atoms with van der Waals surface area (Å²) < 4.78 is 13.6. The van der Waals surface area contributed by atoms with Crippen LogP contribution >= 0.6 is 0 Å². The first-order chi connectivity index (χ1) is 8.31. The molecule has 3 N–H and O–H groups in total. The minimum Gasteiger partial charge on any atom is -0.271 e. The maximum Gasteiger partial charge on any atom is 0.146 e. The molecule has 1 aromatic heterocycles. The predicted molar refractivity (Wildman–Crippen MR) is 65.5 cm³/mol. The molecule has 1 aromatic rings. The lowest BCUT2D eigenvalue weighted by Crippen LogP contribution is -2.29. The van der Waals surface area contributed by atoms with Crippen LogP contribution in [0.4, 0.5) is 4.39 Å². The lowest BCUT2D eigenvalue weighted by atomic mass is 9.95. The van der Waals surface area contributed by atoms with Gasteiger partial charge in [0.05, 0.1) is 6.20 Å². The van der Waals surface area contributed by atoms with Gasteiger partial charge in [0.15, 0.2) is 0 Å². The Morgan fingerprint density at radius 2 is 2.24 bits per heavy atom. The number of halogens is 1. The van der Waals surface area contributed by atoms with E-state index in [9.17, 15) is 4.39 Å². The van der Waals surface area contributed by atoms with E-state index in [1.165, 1.54) is 31.9 Å². The molecule has 1 aliphatic rings. The molecule has 17 heavy (non-hydrogen) atoms. The fourth-order valence-corrected chi connectivity index (χ4v) is 2.70. The van der Waals surface area contributed by atoms with Crippen LogP contribution in [0.3, 0.4) is 0 Å². The summed E-state index contributed by atoms with van der Waals surface area (Å²) in [4.78, 5) is 3.76. The predicted octanol–water partition coefficient (Wildman–Crippen LogP) is 2.70. The number of nitrogens with one attached hydrogen (secondary N) is 1. The Labute approximate surface area is 102 Å². The van der Waals surface area contributed by atoms with Gasteiger partial charge in [-0.05, 0) is 24.8 Å². The van der Waals surface area contributed by atoms with Crippen molar-refractivity contribution >= 4 is 0 Å². The van der Waals surface area contributed by atoms with Gasteiger partial charge in [0, 0.05) is 17.8 Å². The van der Waals surface area contributed by atoms with Crippen molar-refractivity contribution in [2.75, 3.05) is 0 Å². The largest absolute Gasteiger partial charge is 0.271 e. The highest BCUT2D eigenvalue weighted by Crippen LogP contribution is 2.31. The Morgan fingerprint density at radius 1 is 1.47 bits per heavy atom. The number of pyridine rings is 1. The SMILES string of the molecule is NNC(CCC1CCCC1)c1ccncc1F. The van der Waals surface area contributed by atoms with Gasteiger partial charge in [-0.25, -0.2) is 4.39 Å². The number of hydrogen-bond donors (Lipinski definition) is 2. The Kier molecular flexibility index (Phi) is 4.45. The summed E-state index contributed by atoms with van der Waals surface area (Å²) in [5.74, 6) is 6.05. The van der Waals surface area contributed by atoms with Crippen LogP contribution in [0.2, 0.25) is 0 Å². The van der Waals surface area contributed by atoms with Gasteiger partial charge in [0.2, 0.25) is 0 Å². The maximum absolute atomic E-state index is 13.6. The summed E-state index contributed by atoms with van der Waals surface area (Å²) in [6.07, 6.45) is 10.2. The first-order valence-electron chi connectivity index (χ1n) is 6.37. The number of rotatable bonds is 5. The summed E-state index contributed by atoms with van der Waals surface area (Å²) in [6, 6.07) is 1.60. The summed E-state index contributed by atoms with van der Waals surface area (Å²) in [7, 11) is 0. The second-order valence-corrected chi connectivity index (χ2v) is 4.84. The highest BCUT2D eigenvalue weighted by atomic mass is 19.1. The van der Waals surface area contributed by atoms with Crippen LogP contribution in [-0.4, -0.2) is 4.98 Å². The van der Waals surface area contributed by atoms with E-state index in [1.54, 1.807) is 12.3 Å². The van der Waals surface area contributed by atoms with Gasteiger partial charge >= 0.3 is 0 Å². The van der Waals surface area contributed by atoms with Crippen molar-refractivity contribution in [2.24, 2.45) is 11.8 Å². The van der Waals surface area contributed by atoms with E-state index in [4.69, 9.17) is 5.84 Å². The molecule has 1 unspecified atom stereocenters. The average molecular weight is 237 g/mol. The Bertz CT molecular complexity index is 350. The fraction of sp³-hybridized carbons (Fsp3) is 0.615. The molecule has 3 nitrogen and oxygen atoms in total. The quantitative estimate of drug-likeness (QED) is 0.611. The number of hydrazine groups is 1. The fourth-order valence-electron chi connectivity index (χ4n) is 2.70. The third kappa shape index (κ3) is 3.23. The normalized spacial score (nSPS) is 18.5. The second kappa shape index (κ2) is 6.07. The van der Waals surface area contributed by atoms with E-state index in [1.807, 2.05) is 0 Å². The lowest BCUT2D eigenvalue weighted by Gasteiger charge is -2.18. The number of hydrogen-bond acceptors (Lipinski definition) is 3. The third-order valence-corrected chi connectivity index (χ3v) is 3.72. The third-order valence-electron chi connectivity index (χ3n) is 3.72. The molecule has 1 fully saturated rings. The van der Waals surface area contributed by atoms with Crippen molar-refractivity contribution in [1.29, 1.82) is 0 Å². The molecule has 0 saturated heterocycles. The zero-order chi connectivity index (χ0) is 12.1. The number of nitrogens with zero attached hydrogens (tertiary/aromatic N) is 1. The molecule has 0 aromatic carbocycles. The zero-order valence-corrected chi connectivity index (χ0v) is 10.0. The van der Waals surface area contributed by atoms with Crippen molar-refractivity contribution in [3.63, 3.8) is 0 Å². The number of nitrogens with two attached hydrogens (primary N) is 1. The van der Waals surface area contributed by atoms with Crippen LogP contribution in [0.15, 0.2) is 18.5 Å². The van der Waals surface area contributed by atoms with Crippen molar-refractivity contribution in [1.82, 2.24) is 10.4 Å². The van der Waals surface area contributed by atoms with Crippen molar-refractivity contribution in [2.45, 2.75) is 44.6 Å². The van der Waals surface area contributed by atoms with Gasteiger partial charge in [-0.1, -0.05) is 25.7 Å². The Morgan fingerprint density at radius 3 is 2.88 bits per heavy atom. The monoisotopic (exact) mass is 237 g/mol. The van der Waals surface area contributed by atoms with Crippen molar-refractivity contribution < 1.29 is 4.39 Å². The molecule has 0 spiro atoms. The van der Waals surface area contributed by atoms with Gasteiger partial charge in [0.1, 0.15) is 5.82 Å². The second-order valence-electron chi connectivity index (χ2n) is 4.84. The van der Waals surface area contributed by atoms with Gasteiger partial charge in [0.25, 0.3) is 0 Å². The summed E-state index contributed by atoms with van der Waals surface area (Å²) in [5.41, 5.74) is 3.34. The topological polar surface area (TPSA) is 50.9 Å². The van der Waals surface area contributed by atoms with Crippen LogP contribution in [0.1, 0.15) is 50.1 Å². The van der Waals surface area contributed by atoms with Gasteiger partial charge < -0.3 is 0 Å². The molecular weight excluding hydrogens is 217 g/mol. The van der Waals surface area contributed by atoms with E-state index in [0.717, 1.165) is 18.8 Å². The smallest absolute Gasteiger partial charge is 0.146 e. The molecule has 4 heteroatoms. The van der Waals surface area contributed by atoms with Crippen molar-refractivity contribution in [3.05, 3.63) is 29.8 Å². The van der Waals surface area contributed by atoms with Crippen LogP contribution in [-0.2, 0) is 0 Å². The molecule has 0 amide bonds. The zero-order valence-electron chi connectivity index (χ0n) is 10.0. The summed E-state index contributed by atoms with van der Waals surface area (Å²) in [6.45, 7) is 0. The number of aromatic nitrogens is 1. The van der Waals surface area contributed by atoms with Crippen LogP contribution in [0, 0.1) is 11.7 Å². The average Bonchev–Trinajstić information content (AvgIpc) is 2.85. The van der Waals surface area contributed by atoms with E-state index in [-0.39, 0.29) is 11.9 Å². The van der Waals surface area contributed by atoms with Crippen LogP contribution in [0.5, 0.6) is 0 Å². The first kappa shape index (κ1) is 12.5. The van der Waals surface area contributed by atoms with E-state index < -0.39 is 0 Å². The minimum atomic E-state index is -0.276. The van der Waals surface area contributed by atoms with Crippen molar-refractivity contribution in [3.8, 4) is 0 Å². The maximum atomic E-state index is 13.6. The molecule has 1 saturated carbocycles. The molecule has 0 aliphatic heterocycles. The highest BCUT2D eigenvalue weighted by Gasteiger charge is 2.19. The highest BCUT2D eigenvalue weighted by molar-refractivity contribution is 5.17. The van der Waals surface area contributed by atoms with Crippen LogP contribution < -0.4 is 11.3 Å². The lowest BCUT2D eigenvalue weighted by molar-refractivity contribution is 0.406. The molecule has 0 bridgehead atoms. The van der Waals surface area contributed by atoms with E-state index >= 15 is 0 Å². The van der Waals surface area contributed by atoms with Gasteiger partial charge in [-0.2, -0.15) is 0 Å². The first-order valence-corrected chi connectivity index (χ1v) is 6.37. The molecule has 1 heterocycles. The molecule has 2 rings (SSSR count). The van der Waals surface area contributed by atoms with Crippen LogP contribution in [0.25, 0.3) is 0 Å².